The van der Waals surface area contributed by atoms with Gasteiger partial charge in [-0.05, 0) is 6.08 Å². The fourth-order valence-corrected chi connectivity index (χ4v) is 6.14. The van der Waals surface area contributed by atoms with Crippen molar-refractivity contribution >= 4 is 46.4 Å². The van der Waals surface area contributed by atoms with Crippen LogP contribution < -0.4 is 11.5 Å². The van der Waals surface area contributed by atoms with E-state index >= 15 is 4.39 Å². The smallest absolute Gasteiger partial charge is 0.386 e. The quantitative estimate of drug-likeness (QED) is 0.152. The summed E-state index contributed by atoms with van der Waals surface area (Å²) in [6.07, 6.45) is -4.19. The van der Waals surface area contributed by atoms with Crippen LogP contribution in [0.15, 0.2) is 24.7 Å². The summed E-state index contributed by atoms with van der Waals surface area (Å²) in [5, 5.41) is 10.5. The molecule has 0 bridgehead atoms. The first-order valence-electron chi connectivity index (χ1n) is 8.90. The number of hydrogen-bond acceptors (Lipinski definition) is 13. The Labute approximate surface area is 194 Å². The number of phosphoric acid groups is 3. The van der Waals surface area contributed by atoms with E-state index < -0.39 is 54.2 Å². The minimum atomic E-state index is -5.82. The van der Waals surface area contributed by atoms with Gasteiger partial charge in [-0.3, -0.25) is 9.09 Å². The lowest BCUT2D eigenvalue weighted by Crippen LogP contribution is -2.44. The predicted molar refractivity (Wildman–Crippen MR) is 111 cm³/mol. The molecule has 1 aliphatic heterocycles. The van der Waals surface area contributed by atoms with Gasteiger partial charge < -0.3 is 40.9 Å². The summed E-state index contributed by atoms with van der Waals surface area (Å²) in [7, 11) is -17.1. The number of halogens is 1. The Morgan fingerprint density at radius 1 is 1.23 bits per heavy atom. The second kappa shape index (κ2) is 9.42. The van der Waals surface area contributed by atoms with Crippen LogP contribution in [-0.4, -0.2) is 68.7 Å². The van der Waals surface area contributed by atoms with Gasteiger partial charge in [0.1, 0.15) is 17.2 Å². The normalized spacial score (nSPS) is 28.3. The van der Waals surface area contributed by atoms with Crippen LogP contribution in [0, 0.1) is 0 Å². The summed E-state index contributed by atoms with van der Waals surface area (Å²) >= 11 is 0. The summed E-state index contributed by atoms with van der Waals surface area (Å²) in [6.45, 7) is 2.04. The second-order valence-corrected chi connectivity index (χ2v) is 11.3. The number of aliphatic hydroxyl groups excluding tert-OH is 1. The van der Waals surface area contributed by atoms with E-state index in [1.165, 1.54) is 0 Å². The van der Waals surface area contributed by atoms with Gasteiger partial charge in [0.25, 0.3) is 0 Å². The van der Waals surface area contributed by atoms with Crippen LogP contribution >= 0.6 is 23.5 Å². The maximum Gasteiger partial charge on any atom is 0.490 e. The minimum Gasteiger partial charge on any atom is -0.386 e. The van der Waals surface area contributed by atoms with Crippen molar-refractivity contribution in [3.8, 4) is 0 Å². The number of nitrogens with zero attached hydrogens (tertiary/aromatic N) is 4. The first-order chi connectivity index (χ1) is 16.0. The van der Waals surface area contributed by atoms with Crippen molar-refractivity contribution in [2.75, 3.05) is 18.1 Å². The largest absolute Gasteiger partial charge is 0.490 e. The number of nitrogens with two attached hydrogens (primary N) is 2. The molecule has 35 heavy (non-hydrogen) atoms. The Kier molecular flexibility index (Phi) is 7.41. The van der Waals surface area contributed by atoms with Crippen LogP contribution in [0.3, 0.4) is 0 Å². The van der Waals surface area contributed by atoms with Crippen LogP contribution in [-0.2, 0) is 31.6 Å². The lowest BCUT2D eigenvalue weighted by atomic mass is 9.96. The number of anilines is 2. The lowest BCUT2D eigenvalue weighted by Gasteiger charge is -2.28. The molecule has 2 unspecified atom stereocenters. The molecule has 22 heteroatoms. The number of fused-ring (bicyclic) bond motifs is 1. The number of hydrogen-bond donors (Lipinski definition) is 7. The summed E-state index contributed by atoms with van der Waals surface area (Å²) < 4.78 is 67.7. The Bertz CT molecular complexity index is 1330. The number of phosphoric ester groups is 1. The molecule has 1 saturated heterocycles. The van der Waals surface area contributed by atoms with Gasteiger partial charge in [-0.25, -0.2) is 23.1 Å². The van der Waals surface area contributed by atoms with E-state index in [0.717, 1.165) is 17.0 Å². The van der Waals surface area contributed by atoms with Gasteiger partial charge >= 0.3 is 23.5 Å². The van der Waals surface area contributed by atoms with E-state index in [1.807, 2.05) is 0 Å². The average Bonchev–Trinajstić information content (AvgIpc) is 3.19. The SMILES string of the molecule is C=C=C[C@]1(COP(=O)(O)OP(=O)(O)OP(=O)(O)O)O[C@@H](n2cnc3c(N)nc(N)nc32)[C@H](F)[C@@H]1O. The highest BCUT2D eigenvalue weighted by molar-refractivity contribution is 7.66. The highest BCUT2D eigenvalue weighted by Gasteiger charge is 2.56. The summed E-state index contributed by atoms with van der Waals surface area (Å²) in [5.41, 5.74) is 11.1. The Balaban J connectivity index is 1.88. The van der Waals surface area contributed by atoms with Crippen molar-refractivity contribution in [3.63, 3.8) is 0 Å². The van der Waals surface area contributed by atoms with Crippen molar-refractivity contribution in [1.29, 1.82) is 0 Å². The van der Waals surface area contributed by atoms with E-state index in [-0.39, 0.29) is 22.9 Å². The van der Waals surface area contributed by atoms with Gasteiger partial charge in [-0.1, -0.05) is 6.58 Å². The van der Waals surface area contributed by atoms with E-state index in [2.05, 4.69) is 40.4 Å². The molecular weight excluding hydrogens is 544 g/mol. The van der Waals surface area contributed by atoms with Crippen molar-refractivity contribution < 1.29 is 60.6 Å². The molecule has 0 radical (unpaired) electrons. The van der Waals surface area contributed by atoms with Gasteiger partial charge in [-0.2, -0.15) is 18.6 Å². The molecule has 3 rings (SSSR count). The number of nitrogen functional groups attached to an aromatic ring is 2. The lowest BCUT2D eigenvalue weighted by molar-refractivity contribution is -0.0943. The zero-order valence-corrected chi connectivity index (χ0v) is 19.7. The second-order valence-electron chi connectivity index (χ2n) is 6.86. The molecule has 9 N–H and O–H groups in total. The average molecular weight is 562 g/mol. The molecule has 0 amide bonds. The van der Waals surface area contributed by atoms with Crippen molar-refractivity contribution in [3.05, 3.63) is 24.7 Å². The van der Waals surface area contributed by atoms with Gasteiger partial charge in [0.15, 0.2) is 23.9 Å². The molecule has 0 saturated carbocycles. The van der Waals surface area contributed by atoms with Crippen molar-refractivity contribution in [2.24, 2.45) is 0 Å². The first kappa shape index (κ1) is 27.5. The fourth-order valence-electron chi connectivity index (χ4n) is 3.08. The highest BCUT2D eigenvalue weighted by atomic mass is 31.3. The molecule has 1 fully saturated rings. The minimum absolute atomic E-state index is 0.0227. The number of aliphatic hydroxyl groups is 1. The molecule has 6 atom stereocenters. The molecule has 1 aliphatic rings. The molecule has 2 aromatic heterocycles. The van der Waals surface area contributed by atoms with Gasteiger partial charge in [0.05, 0.1) is 12.9 Å². The van der Waals surface area contributed by atoms with E-state index in [4.69, 9.17) is 26.0 Å². The number of alkyl halides is 1. The van der Waals surface area contributed by atoms with Crippen LogP contribution in [0.5, 0.6) is 0 Å². The van der Waals surface area contributed by atoms with Gasteiger partial charge in [0, 0.05) is 0 Å². The molecule has 18 nitrogen and oxygen atoms in total. The highest BCUT2D eigenvalue weighted by Crippen LogP contribution is 2.66. The summed E-state index contributed by atoms with van der Waals surface area (Å²) in [6, 6.07) is 0. The Morgan fingerprint density at radius 3 is 2.49 bits per heavy atom. The predicted octanol–water partition coefficient (Wildman–Crippen LogP) is -0.358. The van der Waals surface area contributed by atoms with Gasteiger partial charge in [-0.15, -0.1) is 5.73 Å². The molecule has 0 spiro atoms. The monoisotopic (exact) mass is 562 g/mol. The van der Waals surface area contributed by atoms with E-state index in [9.17, 15) is 28.6 Å². The Hall–Kier alpha value is -2.07. The zero-order valence-electron chi connectivity index (χ0n) is 17.1. The van der Waals surface area contributed by atoms with Crippen LogP contribution in [0.1, 0.15) is 6.23 Å². The molecule has 0 aliphatic carbocycles. The van der Waals surface area contributed by atoms with Crippen molar-refractivity contribution in [2.45, 2.75) is 24.1 Å². The third-order valence-electron chi connectivity index (χ3n) is 4.37. The molecule has 2 aromatic rings. The van der Waals surface area contributed by atoms with Crippen LogP contribution in [0.4, 0.5) is 16.2 Å². The third kappa shape index (κ3) is 6.02. The summed E-state index contributed by atoms with van der Waals surface area (Å²) in [4.78, 5) is 47.6. The third-order valence-corrected chi connectivity index (χ3v) is 8.15. The fraction of sp³-hybridized carbons (Fsp3) is 0.385. The topological polar surface area (TPSA) is 285 Å². The molecule has 3 heterocycles. The zero-order chi connectivity index (χ0) is 26.4. The maximum atomic E-state index is 15.2. The van der Waals surface area contributed by atoms with E-state index in [1.54, 1.807) is 0 Å². The molecular formula is C13H18FN6O12P3. The standard InChI is InChI=1S/C13H18FN6O12P3/c1-2-3-13(4-29-34(25,26)32-35(27,28)31-33(22,23)24)8(21)6(14)11(30-13)20-5-17-7-9(15)18-12(16)19-10(7)20/h3,5-6,8,11,21H,1,4H2,(H,25,26)(H,27,28)(H2,22,23,24)(H4,15,16,18,19)/t6-,8+,11-,13-/m1/s1. The maximum absolute atomic E-state index is 15.2. The number of rotatable bonds is 9. The number of ether oxygens (including phenoxy) is 1. The molecule has 0 aromatic carbocycles. The first-order valence-corrected chi connectivity index (χ1v) is 13.4. The van der Waals surface area contributed by atoms with E-state index in [0.29, 0.717) is 0 Å². The number of aromatic nitrogens is 4. The Morgan fingerprint density at radius 2 is 1.89 bits per heavy atom. The summed E-state index contributed by atoms with van der Waals surface area (Å²) in [5.74, 6) is -0.416. The van der Waals surface area contributed by atoms with Gasteiger partial charge in [0.2, 0.25) is 5.95 Å². The van der Waals surface area contributed by atoms with Crippen LogP contribution in [0.25, 0.3) is 11.2 Å². The number of imidazole rings is 1. The van der Waals surface area contributed by atoms with Crippen LogP contribution in [0.2, 0.25) is 0 Å². The van der Waals surface area contributed by atoms with Crippen molar-refractivity contribution in [1.82, 2.24) is 19.5 Å². The molecule has 194 valence electrons.